The molecule has 2 aromatic heterocycles. The summed E-state index contributed by atoms with van der Waals surface area (Å²) in [6.45, 7) is 4.58. The lowest BCUT2D eigenvalue weighted by molar-refractivity contribution is 0.612. The van der Waals surface area contributed by atoms with E-state index < -0.39 is 0 Å². The number of rotatable bonds is 4. The van der Waals surface area contributed by atoms with Crippen LogP contribution in [0.15, 0.2) is 70.1 Å². The summed E-state index contributed by atoms with van der Waals surface area (Å²) in [6.07, 6.45) is 1.75. The van der Waals surface area contributed by atoms with Crippen LogP contribution in [0.1, 0.15) is 31.0 Å². The van der Waals surface area contributed by atoms with Crippen LogP contribution in [0.4, 0.5) is 0 Å². The molecule has 6 heteroatoms. The number of hydrogen-bond acceptors (Lipinski definition) is 3. The normalized spacial score (nSPS) is 11.4. The molecule has 136 valence electrons. The Morgan fingerprint density at radius 3 is 2.41 bits per heavy atom. The number of hydrogen-bond donors (Lipinski definition) is 0. The van der Waals surface area contributed by atoms with Gasteiger partial charge in [-0.15, -0.1) is 0 Å². The van der Waals surface area contributed by atoms with Crippen molar-refractivity contribution < 1.29 is 0 Å². The van der Waals surface area contributed by atoms with E-state index in [1.54, 1.807) is 15.6 Å². The molecule has 5 nitrogen and oxygen atoms in total. The minimum absolute atomic E-state index is 0.140. The summed E-state index contributed by atoms with van der Waals surface area (Å²) in [5.41, 5.74) is 3.19. The third kappa shape index (κ3) is 3.32. The van der Waals surface area contributed by atoms with Crippen LogP contribution in [0.2, 0.25) is 0 Å². The highest BCUT2D eigenvalue weighted by atomic mass is 79.9. The van der Waals surface area contributed by atoms with Gasteiger partial charge in [0.25, 0.3) is 5.56 Å². The highest BCUT2D eigenvalue weighted by Crippen LogP contribution is 2.23. The third-order valence-electron chi connectivity index (χ3n) is 4.50. The molecule has 0 atom stereocenters. The highest BCUT2D eigenvalue weighted by Gasteiger charge is 2.18. The van der Waals surface area contributed by atoms with Crippen molar-refractivity contribution in [2.24, 2.45) is 0 Å². The number of fused-ring (bicyclic) bond motifs is 1. The second kappa shape index (κ2) is 7.12. The van der Waals surface area contributed by atoms with Crippen molar-refractivity contribution in [1.29, 1.82) is 0 Å². The van der Waals surface area contributed by atoms with Crippen molar-refractivity contribution in [1.82, 2.24) is 19.6 Å². The summed E-state index contributed by atoms with van der Waals surface area (Å²) in [5, 5.41) is 9.96. The summed E-state index contributed by atoms with van der Waals surface area (Å²) >= 11 is 3.44. The van der Waals surface area contributed by atoms with Gasteiger partial charge in [-0.1, -0.05) is 60.1 Å². The number of halogens is 1. The number of nitrogens with zero attached hydrogens (tertiary/aromatic N) is 4. The first-order valence-electron chi connectivity index (χ1n) is 8.83. The van der Waals surface area contributed by atoms with Gasteiger partial charge in [-0.2, -0.15) is 10.2 Å². The predicted octanol–water partition coefficient (Wildman–Crippen LogP) is 4.52. The van der Waals surface area contributed by atoms with Crippen LogP contribution in [0.25, 0.3) is 16.6 Å². The van der Waals surface area contributed by atoms with Gasteiger partial charge >= 0.3 is 0 Å². The topological polar surface area (TPSA) is 52.7 Å². The van der Waals surface area contributed by atoms with Crippen molar-refractivity contribution in [2.45, 2.75) is 26.3 Å². The van der Waals surface area contributed by atoms with Gasteiger partial charge in [-0.3, -0.25) is 4.79 Å². The van der Waals surface area contributed by atoms with Crippen molar-refractivity contribution in [3.8, 4) is 5.69 Å². The molecule has 2 aromatic carbocycles. The van der Waals surface area contributed by atoms with E-state index in [1.165, 1.54) is 0 Å². The summed E-state index contributed by atoms with van der Waals surface area (Å²) in [6, 6.07) is 17.6. The van der Waals surface area contributed by atoms with E-state index in [2.05, 4.69) is 40.0 Å². The molecule has 27 heavy (non-hydrogen) atoms. The Morgan fingerprint density at radius 2 is 1.74 bits per heavy atom. The fourth-order valence-corrected chi connectivity index (χ4v) is 3.42. The molecule has 0 aliphatic carbocycles. The van der Waals surface area contributed by atoms with Crippen LogP contribution < -0.4 is 5.56 Å². The Morgan fingerprint density at radius 1 is 1.04 bits per heavy atom. The van der Waals surface area contributed by atoms with Crippen LogP contribution in [0.5, 0.6) is 0 Å². The molecule has 0 radical (unpaired) electrons. The lowest BCUT2D eigenvalue weighted by atomic mass is 10.1. The van der Waals surface area contributed by atoms with Crippen LogP contribution in [0.3, 0.4) is 0 Å². The van der Waals surface area contributed by atoms with E-state index >= 15 is 0 Å². The van der Waals surface area contributed by atoms with Gasteiger partial charge in [0, 0.05) is 9.86 Å². The molecule has 0 saturated heterocycles. The molecule has 0 aliphatic rings. The molecule has 4 rings (SSSR count). The summed E-state index contributed by atoms with van der Waals surface area (Å²) in [7, 11) is 0. The minimum Gasteiger partial charge on any atom is -0.265 e. The largest absolute Gasteiger partial charge is 0.293 e. The van der Waals surface area contributed by atoms with Gasteiger partial charge in [0.05, 0.1) is 24.1 Å². The van der Waals surface area contributed by atoms with Gasteiger partial charge in [0.15, 0.2) is 0 Å². The Bertz CT molecular complexity index is 1140. The monoisotopic (exact) mass is 422 g/mol. The van der Waals surface area contributed by atoms with Gasteiger partial charge in [0.1, 0.15) is 5.52 Å². The maximum atomic E-state index is 13.3. The van der Waals surface area contributed by atoms with E-state index in [0.29, 0.717) is 12.1 Å². The first-order valence-corrected chi connectivity index (χ1v) is 9.62. The van der Waals surface area contributed by atoms with Crippen molar-refractivity contribution in [2.75, 3.05) is 0 Å². The second-order valence-electron chi connectivity index (χ2n) is 6.78. The Hall–Kier alpha value is -2.73. The van der Waals surface area contributed by atoms with Gasteiger partial charge < -0.3 is 0 Å². The number of para-hydroxylation sites is 1. The first-order chi connectivity index (χ1) is 13.0. The fraction of sp³-hybridized carbons (Fsp3) is 0.190. The molecule has 0 spiro atoms. The second-order valence-corrected chi connectivity index (χ2v) is 7.70. The quantitative estimate of drug-likeness (QED) is 0.485. The van der Waals surface area contributed by atoms with Crippen LogP contribution in [-0.4, -0.2) is 19.6 Å². The average molecular weight is 423 g/mol. The van der Waals surface area contributed by atoms with Crippen molar-refractivity contribution >= 4 is 26.8 Å². The molecule has 0 N–H and O–H groups in total. The van der Waals surface area contributed by atoms with E-state index in [4.69, 9.17) is 0 Å². The van der Waals surface area contributed by atoms with E-state index in [0.717, 1.165) is 26.8 Å². The minimum atomic E-state index is -0.140. The predicted molar refractivity (Wildman–Crippen MR) is 110 cm³/mol. The molecule has 0 amide bonds. The van der Waals surface area contributed by atoms with Crippen LogP contribution in [0, 0.1) is 0 Å². The zero-order valence-electron chi connectivity index (χ0n) is 15.1. The molecule has 0 saturated carbocycles. The highest BCUT2D eigenvalue weighted by molar-refractivity contribution is 9.10. The molecular formula is C21H19BrN4O. The van der Waals surface area contributed by atoms with E-state index in [9.17, 15) is 4.79 Å². The molecule has 4 aromatic rings. The fourth-order valence-electron chi connectivity index (χ4n) is 3.15. The van der Waals surface area contributed by atoms with Crippen molar-refractivity contribution in [3.05, 3.63) is 86.9 Å². The summed E-state index contributed by atoms with van der Waals surface area (Å²) in [5.74, 6) is 0.178. The van der Waals surface area contributed by atoms with Gasteiger partial charge in [0.2, 0.25) is 0 Å². The Kier molecular flexibility index (Phi) is 4.66. The SMILES string of the molecule is CC(C)c1nn(Cc2ccc(Br)cc2)c(=O)c2c1cnn2-c1ccccc1. The van der Waals surface area contributed by atoms with E-state index in [-0.39, 0.29) is 11.5 Å². The van der Waals surface area contributed by atoms with E-state index in [1.807, 2.05) is 54.6 Å². The Balaban J connectivity index is 1.93. The molecule has 2 heterocycles. The lowest BCUT2D eigenvalue weighted by Crippen LogP contribution is -2.27. The average Bonchev–Trinajstić information content (AvgIpc) is 3.11. The van der Waals surface area contributed by atoms with Gasteiger partial charge in [-0.05, 0) is 35.7 Å². The molecule has 0 bridgehead atoms. The lowest BCUT2D eigenvalue weighted by Gasteiger charge is -2.12. The standard InChI is InChI=1S/C21H19BrN4O/c1-14(2)19-18-12-23-26(17-6-4-3-5-7-17)20(18)21(27)25(24-19)13-15-8-10-16(22)11-9-15/h3-12,14H,13H2,1-2H3. The maximum absolute atomic E-state index is 13.3. The molecule has 0 fully saturated rings. The molecule has 0 unspecified atom stereocenters. The van der Waals surface area contributed by atoms with Gasteiger partial charge in [-0.25, -0.2) is 9.36 Å². The Labute approximate surface area is 165 Å². The number of aromatic nitrogens is 4. The maximum Gasteiger partial charge on any atom is 0.293 e. The number of benzene rings is 2. The zero-order chi connectivity index (χ0) is 19.0. The van der Waals surface area contributed by atoms with Crippen LogP contribution in [-0.2, 0) is 6.54 Å². The third-order valence-corrected chi connectivity index (χ3v) is 5.03. The van der Waals surface area contributed by atoms with Crippen molar-refractivity contribution in [3.63, 3.8) is 0 Å². The zero-order valence-corrected chi connectivity index (χ0v) is 16.7. The smallest absolute Gasteiger partial charge is 0.265 e. The summed E-state index contributed by atoms with van der Waals surface area (Å²) < 4.78 is 4.26. The first kappa shape index (κ1) is 17.7. The van der Waals surface area contributed by atoms with Crippen LogP contribution >= 0.6 is 15.9 Å². The molecular weight excluding hydrogens is 404 g/mol. The summed E-state index contributed by atoms with van der Waals surface area (Å²) in [4.78, 5) is 13.3. The molecule has 0 aliphatic heterocycles.